The predicted octanol–water partition coefficient (Wildman–Crippen LogP) is 4.22. The van der Waals surface area contributed by atoms with Crippen molar-refractivity contribution >= 4 is 28.4 Å². The van der Waals surface area contributed by atoms with Crippen molar-refractivity contribution < 1.29 is 14.3 Å². The maximum absolute atomic E-state index is 13.1. The van der Waals surface area contributed by atoms with E-state index in [1.807, 2.05) is 60.8 Å². The number of anilines is 1. The van der Waals surface area contributed by atoms with Crippen LogP contribution >= 0.6 is 0 Å². The van der Waals surface area contributed by atoms with E-state index in [-0.39, 0.29) is 18.2 Å². The van der Waals surface area contributed by atoms with Crippen molar-refractivity contribution in [1.29, 1.82) is 0 Å². The van der Waals surface area contributed by atoms with Crippen LogP contribution in [0.25, 0.3) is 10.9 Å². The fourth-order valence-electron chi connectivity index (χ4n) is 3.50. The number of rotatable bonds is 7. The summed E-state index contributed by atoms with van der Waals surface area (Å²) in [5, 5.41) is 6.76. The van der Waals surface area contributed by atoms with E-state index in [4.69, 9.17) is 4.74 Å². The van der Waals surface area contributed by atoms with E-state index in [9.17, 15) is 9.59 Å². The number of aromatic amines is 1. The van der Waals surface area contributed by atoms with Crippen molar-refractivity contribution in [2.24, 2.45) is 0 Å². The molecule has 0 aliphatic carbocycles. The average Bonchev–Trinajstić information content (AvgIpc) is 3.21. The summed E-state index contributed by atoms with van der Waals surface area (Å²) < 4.78 is 5.15. The zero-order chi connectivity index (χ0) is 21.6. The van der Waals surface area contributed by atoms with Gasteiger partial charge in [0.15, 0.2) is 0 Å². The molecular weight excluding hydrogens is 390 g/mol. The molecule has 6 heteroatoms. The van der Waals surface area contributed by atoms with E-state index < -0.39 is 6.04 Å². The largest absolute Gasteiger partial charge is 0.497 e. The number of nitrogens with one attached hydrogen (secondary N) is 3. The molecule has 1 aromatic heterocycles. The lowest BCUT2D eigenvalue weighted by molar-refractivity contribution is -0.126. The number of para-hydroxylation sites is 1. The minimum Gasteiger partial charge on any atom is -0.497 e. The highest BCUT2D eigenvalue weighted by Crippen LogP contribution is 2.21. The summed E-state index contributed by atoms with van der Waals surface area (Å²) in [5.74, 6) is 0.150. The lowest BCUT2D eigenvalue weighted by atomic mass is 10.0. The number of fused-ring (bicyclic) bond motifs is 1. The van der Waals surface area contributed by atoms with E-state index in [0.29, 0.717) is 17.0 Å². The van der Waals surface area contributed by atoms with Crippen molar-refractivity contribution in [2.45, 2.75) is 12.5 Å². The molecule has 4 aromatic rings. The Bertz CT molecular complexity index is 1180. The van der Waals surface area contributed by atoms with Crippen LogP contribution in [0.4, 0.5) is 5.69 Å². The molecule has 0 aliphatic heterocycles. The lowest BCUT2D eigenvalue weighted by Gasteiger charge is -2.19. The van der Waals surface area contributed by atoms with Gasteiger partial charge < -0.3 is 20.4 Å². The molecule has 0 aliphatic rings. The Labute approximate surface area is 180 Å². The molecule has 0 bridgehead atoms. The topological polar surface area (TPSA) is 83.2 Å². The van der Waals surface area contributed by atoms with Gasteiger partial charge in [0.25, 0.3) is 5.91 Å². The highest BCUT2D eigenvalue weighted by molar-refractivity contribution is 5.98. The molecule has 31 heavy (non-hydrogen) atoms. The monoisotopic (exact) mass is 413 g/mol. The first-order valence-electron chi connectivity index (χ1n) is 9.98. The summed E-state index contributed by atoms with van der Waals surface area (Å²) in [5.41, 5.74) is 3.19. The maximum Gasteiger partial charge on any atom is 0.251 e. The molecule has 156 valence electrons. The fourth-order valence-corrected chi connectivity index (χ4v) is 3.50. The number of benzene rings is 3. The quantitative estimate of drug-likeness (QED) is 0.424. The predicted molar refractivity (Wildman–Crippen MR) is 121 cm³/mol. The van der Waals surface area contributed by atoms with Crippen LogP contribution in [-0.4, -0.2) is 23.9 Å². The molecule has 0 saturated heterocycles. The third kappa shape index (κ3) is 4.75. The van der Waals surface area contributed by atoms with Crippen LogP contribution in [0.5, 0.6) is 5.75 Å². The maximum atomic E-state index is 13.1. The van der Waals surface area contributed by atoms with Gasteiger partial charge in [-0.1, -0.05) is 48.5 Å². The number of aromatic nitrogens is 1. The van der Waals surface area contributed by atoms with Gasteiger partial charge in [-0.3, -0.25) is 9.59 Å². The third-order valence-corrected chi connectivity index (χ3v) is 5.08. The van der Waals surface area contributed by atoms with Gasteiger partial charge in [0.2, 0.25) is 5.91 Å². The summed E-state index contributed by atoms with van der Waals surface area (Å²) in [6, 6.07) is 23.2. The first-order valence-corrected chi connectivity index (χ1v) is 9.98. The van der Waals surface area contributed by atoms with Gasteiger partial charge in [-0.05, 0) is 41.5 Å². The van der Waals surface area contributed by atoms with Crippen LogP contribution in [0, 0.1) is 0 Å². The number of H-pyrrole nitrogens is 1. The summed E-state index contributed by atoms with van der Waals surface area (Å²) in [6.45, 7) is 0. The van der Waals surface area contributed by atoms with Crippen molar-refractivity contribution in [1.82, 2.24) is 10.3 Å². The first kappa shape index (κ1) is 20.2. The SMILES string of the molecule is COc1ccc(NC(=O)[C@@H](NC(=O)Cc2c[nH]c3ccccc23)c2ccccc2)cc1. The Morgan fingerprint density at radius 2 is 1.65 bits per heavy atom. The molecule has 4 rings (SSSR count). The number of ether oxygens (including phenoxy) is 1. The van der Waals surface area contributed by atoms with Crippen LogP contribution in [0.1, 0.15) is 17.2 Å². The number of hydrogen-bond acceptors (Lipinski definition) is 3. The minimum absolute atomic E-state index is 0.170. The lowest BCUT2D eigenvalue weighted by Crippen LogP contribution is -2.37. The van der Waals surface area contributed by atoms with Gasteiger partial charge in [-0.2, -0.15) is 0 Å². The van der Waals surface area contributed by atoms with E-state index >= 15 is 0 Å². The molecule has 2 amide bonds. The average molecular weight is 413 g/mol. The Morgan fingerprint density at radius 3 is 2.39 bits per heavy atom. The Balaban J connectivity index is 1.52. The van der Waals surface area contributed by atoms with Crippen LogP contribution in [0.15, 0.2) is 85.1 Å². The first-order chi connectivity index (χ1) is 15.1. The van der Waals surface area contributed by atoms with Crippen LogP contribution in [0.3, 0.4) is 0 Å². The normalized spacial score (nSPS) is 11.6. The van der Waals surface area contributed by atoms with Crippen LogP contribution in [0.2, 0.25) is 0 Å². The highest BCUT2D eigenvalue weighted by atomic mass is 16.5. The minimum atomic E-state index is -0.819. The van der Waals surface area contributed by atoms with Crippen molar-refractivity contribution in [3.05, 3.63) is 96.2 Å². The number of carbonyl (C=O) groups is 2. The third-order valence-electron chi connectivity index (χ3n) is 5.08. The molecule has 0 unspecified atom stereocenters. The van der Waals surface area contributed by atoms with E-state index in [2.05, 4.69) is 15.6 Å². The molecule has 3 N–H and O–H groups in total. The zero-order valence-electron chi connectivity index (χ0n) is 17.1. The van der Waals surface area contributed by atoms with Crippen LogP contribution in [-0.2, 0) is 16.0 Å². The molecule has 6 nitrogen and oxygen atoms in total. The van der Waals surface area contributed by atoms with E-state index in [1.54, 1.807) is 31.4 Å². The molecule has 1 atom stereocenters. The van der Waals surface area contributed by atoms with E-state index in [0.717, 1.165) is 16.5 Å². The molecule has 0 saturated carbocycles. The van der Waals surface area contributed by atoms with Crippen molar-refractivity contribution in [2.75, 3.05) is 12.4 Å². The van der Waals surface area contributed by atoms with Gasteiger partial charge in [0, 0.05) is 22.8 Å². The summed E-state index contributed by atoms with van der Waals surface area (Å²) in [6.07, 6.45) is 2.00. The highest BCUT2D eigenvalue weighted by Gasteiger charge is 2.23. The smallest absolute Gasteiger partial charge is 0.251 e. The molecule has 3 aromatic carbocycles. The van der Waals surface area contributed by atoms with Gasteiger partial charge in [0.1, 0.15) is 11.8 Å². The Morgan fingerprint density at radius 1 is 0.935 bits per heavy atom. The molecule has 0 spiro atoms. The van der Waals surface area contributed by atoms with Gasteiger partial charge in [-0.25, -0.2) is 0 Å². The number of carbonyl (C=O) groups excluding carboxylic acids is 2. The van der Waals surface area contributed by atoms with Crippen molar-refractivity contribution in [3.63, 3.8) is 0 Å². The standard InChI is InChI=1S/C25H23N3O3/c1-31-20-13-11-19(12-14-20)27-25(30)24(17-7-3-2-4-8-17)28-23(29)15-18-16-26-22-10-6-5-9-21(18)22/h2-14,16,24,26H,15H2,1H3,(H,27,30)(H,28,29)/t24-/m0/s1. The molecule has 0 radical (unpaired) electrons. The van der Waals surface area contributed by atoms with Gasteiger partial charge in [0.05, 0.1) is 13.5 Å². The summed E-state index contributed by atoms with van der Waals surface area (Å²) in [4.78, 5) is 29.1. The molecule has 1 heterocycles. The van der Waals surface area contributed by atoms with Gasteiger partial charge >= 0.3 is 0 Å². The second kappa shape index (κ2) is 9.17. The summed E-state index contributed by atoms with van der Waals surface area (Å²) >= 11 is 0. The van der Waals surface area contributed by atoms with Crippen molar-refractivity contribution in [3.8, 4) is 5.75 Å². The Kier molecular flexibility index (Phi) is 5.98. The Hall–Kier alpha value is -4.06. The molecular formula is C25H23N3O3. The second-order valence-corrected chi connectivity index (χ2v) is 7.17. The molecule has 0 fully saturated rings. The fraction of sp³-hybridized carbons (Fsp3) is 0.120. The zero-order valence-corrected chi connectivity index (χ0v) is 17.1. The number of hydrogen-bond donors (Lipinski definition) is 3. The van der Waals surface area contributed by atoms with E-state index in [1.165, 1.54) is 0 Å². The van der Waals surface area contributed by atoms with Crippen LogP contribution < -0.4 is 15.4 Å². The summed E-state index contributed by atoms with van der Waals surface area (Å²) in [7, 11) is 1.59. The number of methoxy groups -OCH3 is 1. The number of amides is 2. The second-order valence-electron chi connectivity index (χ2n) is 7.17. The van der Waals surface area contributed by atoms with Gasteiger partial charge in [-0.15, -0.1) is 0 Å².